The van der Waals surface area contributed by atoms with Crippen molar-refractivity contribution in [3.05, 3.63) is 48.4 Å². The Morgan fingerprint density at radius 3 is 2.88 bits per heavy atom. The molecule has 80 valence electrons. The van der Waals surface area contributed by atoms with Gasteiger partial charge in [0.15, 0.2) is 0 Å². The topological polar surface area (TPSA) is 80.9 Å². The van der Waals surface area contributed by atoms with E-state index in [1.54, 1.807) is 18.5 Å². The summed E-state index contributed by atoms with van der Waals surface area (Å²) in [5.41, 5.74) is 6.19. The minimum atomic E-state index is -0.503. The van der Waals surface area contributed by atoms with Gasteiger partial charge in [-0.25, -0.2) is 4.98 Å². The lowest BCUT2D eigenvalue weighted by Gasteiger charge is -2.05. The van der Waals surface area contributed by atoms with E-state index in [4.69, 9.17) is 5.73 Å². The summed E-state index contributed by atoms with van der Waals surface area (Å²) in [6.45, 7) is 0. The van der Waals surface area contributed by atoms with E-state index in [0.717, 1.165) is 0 Å². The van der Waals surface area contributed by atoms with Crippen LogP contribution in [0.3, 0.4) is 0 Å². The van der Waals surface area contributed by atoms with Crippen LogP contribution in [0.5, 0.6) is 0 Å². The molecule has 0 radical (unpaired) electrons. The molecule has 0 atom stereocenters. The van der Waals surface area contributed by atoms with E-state index in [-0.39, 0.29) is 0 Å². The van der Waals surface area contributed by atoms with Crippen LogP contribution in [-0.2, 0) is 0 Å². The van der Waals surface area contributed by atoms with Crippen molar-refractivity contribution in [1.29, 1.82) is 0 Å². The van der Waals surface area contributed by atoms with Gasteiger partial charge in [0.1, 0.15) is 5.82 Å². The van der Waals surface area contributed by atoms with E-state index in [1.165, 1.54) is 6.20 Å². The molecule has 0 aliphatic heterocycles. The lowest BCUT2D eigenvalue weighted by molar-refractivity contribution is 0.1000. The Labute approximate surface area is 92.3 Å². The zero-order valence-corrected chi connectivity index (χ0v) is 8.42. The summed E-state index contributed by atoms with van der Waals surface area (Å²) in [5.74, 6) is 0.183. The number of anilines is 2. The zero-order chi connectivity index (χ0) is 11.4. The number of rotatable bonds is 3. The normalized spacial score (nSPS) is 9.75. The SMILES string of the molecule is NC(=O)c1cncc(Nc2ccccn2)c1. The van der Waals surface area contributed by atoms with Gasteiger partial charge in [-0.3, -0.25) is 9.78 Å². The number of aromatic nitrogens is 2. The van der Waals surface area contributed by atoms with Crippen LogP contribution in [-0.4, -0.2) is 15.9 Å². The van der Waals surface area contributed by atoms with E-state index in [2.05, 4.69) is 15.3 Å². The van der Waals surface area contributed by atoms with Gasteiger partial charge in [0, 0.05) is 12.4 Å². The van der Waals surface area contributed by atoms with E-state index < -0.39 is 5.91 Å². The van der Waals surface area contributed by atoms with Crippen LogP contribution in [0, 0.1) is 0 Å². The number of carbonyl (C=O) groups is 1. The number of amides is 1. The zero-order valence-electron chi connectivity index (χ0n) is 8.42. The minimum Gasteiger partial charge on any atom is -0.366 e. The lowest BCUT2D eigenvalue weighted by Crippen LogP contribution is -2.11. The summed E-state index contributed by atoms with van der Waals surface area (Å²) in [7, 11) is 0. The second-order valence-electron chi connectivity index (χ2n) is 3.17. The highest BCUT2D eigenvalue weighted by molar-refractivity contribution is 5.93. The highest BCUT2D eigenvalue weighted by atomic mass is 16.1. The molecule has 0 saturated carbocycles. The predicted octanol–water partition coefficient (Wildman–Crippen LogP) is 1.32. The van der Waals surface area contributed by atoms with Crippen molar-refractivity contribution in [1.82, 2.24) is 9.97 Å². The Hall–Kier alpha value is -2.43. The first kappa shape index (κ1) is 10.1. The molecule has 5 nitrogen and oxygen atoms in total. The molecule has 0 fully saturated rings. The van der Waals surface area contributed by atoms with E-state index in [0.29, 0.717) is 17.1 Å². The highest BCUT2D eigenvalue weighted by Gasteiger charge is 2.02. The molecule has 0 unspecified atom stereocenters. The number of hydrogen-bond donors (Lipinski definition) is 2. The fraction of sp³-hybridized carbons (Fsp3) is 0. The Bertz CT molecular complexity index is 498. The van der Waals surface area contributed by atoms with Crippen LogP contribution in [0.4, 0.5) is 11.5 Å². The summed E-state index contributed by atoms with van der Waals surface area (Å²) < 4.78 is 0. The molecule has 3 N–H and O–H groups in total. The van der Waals surface area contributed by atoms with Gasteiger partial charge in [-0.05, 0) is 18.2 Å². The molecule has 0 aliphatic carbocycles. The van der Waals surface area contributed by atoms with E-state index in [1.807, 2.05) is 18.2 Å². The quantitative estimate of drug-likeness (QED) is 0.807. The fourth-order valence-corrected chi connectivity index (χ4v) is 1.23. The summed E-state index contributed by atoms with van der Waals surface area (Å²) >= 11 is 0. The number of nitrogens with one attached hydrogen (secondary N) is 1. The van der Waals surface area contributed by atoms with Crippen LogP contribution in [0.2, 0.25) is 0 Å². The molecule has 0 spiro atoms. The van der Waals surface area contributed by atoms with Crippen molar-refractivity contribution in [3.8, 4) is 0 Å². The van der Waals surface area contributed by atoms with Crippen LogP contribution in [0.15, 0.2) is 42.9 Å². The Morgan fingerprint density at radius 2 is 2.19 bits per heavy atom. The summed E-state index contributed by atoms with van der Waals surface area (Å²) in [5, 5.41) is 3.02. The Balaban J connectivity index is 2.22. The minimum absolute atomic E-state index is 0.362. The van der Waals surface area contributed by atoms with Gasteiger partial charge in [0.25, 0.3) is 0 Å². The van der Waals surface area contributed by atoms with E-state index in [9.17, 15) is 4.79 Å². The number of pyridine rings is 2. The third-order valence-electron chi connectivity index (χ3n) is 1.96. The molecular weight excluding hydrogens is 204 g/mol. The average Bonchev–Trinajstić information content (AvgIpc) is 2.30. The first-order valence-electron chi connectivity index (χ1n) is 4.68. The van der Waals surface area contributed by atoms with Gasteiger partial charge in [0.05, 0.1) is 17.4 Å². The lowest BCUT2D eigenvalue weighted by atomic mass is 10.2. The van der Waals surface area contributed by atoms with Gasteiger partial charge in [-0.15, -0.1) is 0 Å². The van der Waals surface area contributed by atoms with Crippen LogP contribution < -0.4 is 11.1 Å². The monoisotopic (exact) mass is 214 g/mol. The molecule has 5 heteroatoms. The summed E-state index contributed by atoms with van der Waals surface area (Å²) in [6.07, 6.45) is 4.70. The van der Waals surface area contributed by atoms with Gasteiger partial charge in [-0.1, -0.05) is 6.07 Å². The predicted molar refractivity (Wildman–Crippen MR) is 60.3 cm³/mol. The Morgan fingerprint density at radius 1 is 1.31 bits per heavy atom. The van der Waals surface area contributed by atoms with Crippen molar-refractivity contribution in [2.24, 2.45) is 5.73 Å². The first-order valence-corrected chi connectivity index (χ1v) is 4.68. The maximum atomic E-state index is 10.9. The second-order valence-corrected chi connectivity index (χ2v) is 3.17. The van der Waals surface area contributed by atoms with E-state index >= 15 is 0 Å². The maximum absolute atomic E-state index is 10.9. The molecule has 0 saturated heterocycles. The molecule has 0 aliphatic rings. The van der Waals surface area contributed by atoms with Gasteiger partial charge in [-0.2, -0.15) is 0 Å². The largest absolute Gasteiger partial charge is 0.366 e. The van der Waals surface area contributed by atoms with Gasteiger partial charge in [0.2, 0.25) is 5.91 Å². The number of nitrogens with two attached hydrogens (primary N) is 1. The number of nitrogens with zero attached hydrogens (tertiary/aromatic N) is 2. The number of carbonyl (C=O) groups excluding carboxylic acids is 1. The van der Waals surface area contributed by atoms with Crippen molar-refractivity contribution in [2.75, 3.05) is 5.32 Å². The van der Waals surface area contributed by atoms with Crippen molar-refractivity contribution < 1.29 is 4.79 Å². The van der Waals surface area contributed by atoms with Crippen molar-refractivity contribution in [3.63, 3.8) is 0 Å². The maximum Gasteiger partial charge on any atom is 0.250 e. The number of hydrogen-bond acceptors (Lipinski definition) is 4. The molecule has 2 aromatic rings. The van der Waals surface area contributed by atoms with Crippen molar-refractivity contribution >= 4 is 17.4 Å². The molecule has 2 aromatic heterocycles. The smallest absolute Gasteiger partial charge is 0.250 e. The van der Waals surface area contributed by atoms with Gasteiger partial charge >= 0.3 is 0 Å². The molecule has 2 heterocycles. The summed E-state index contributed by atoms with van der Waals surface area (Å²) in [4.78, 5) is 18.9. The molecule has 0 bridgehead atoms. The van der Waals surface area contributed by atoms with Crippen molar-refractivity contribution in [2.45, 2.75) is 0 Å². The van der Waals surface area contributed by atoms with Crippen LogP contribution in [0.25, 0.3) is 0 Å². The van der Waals surface area contributed by atoms with Gasteiger partial charge < -0.3 is 11.1 Å². The molecular formula is C11H10N4O. The second kappa shape index (κ2) is 4.39. The molecule has 16 heavy (non-hydrogen) atoms. The average molecular weight is 214 g/mol. The third-order valence-corrected chi connectivity index (χ3v) is 1.96. The molecule has 0 aromatic carbocycles. The summed E-state index contributed by atoms with van der Waals surface area (Å²) in [6, 6.07) is 7.13. The number of primary amides is 1. The molecule has 1 amide bonds. The first-order chi connectivity index (χ1) is 7.75. The molecule has 2 rings (SSSR count). The standard InChI is InChI=1S/C11H10N4O/c12-11(16)8-5-9(7-13-6-8)15-10-3-1-2-4-14-10/h1-7H,(H2,12,16)(H,14,15). The highest BCUT2D eigenvalue weighted by Crippen LogP contribution is 2.13. The van der Waals surface area contributed by atoms with Crippen LogP contribution >= 0.6 is 0 Å². The third kappa shape index (κ3) is 2.33. The van der Waals surface area contributed by atoms with Crippen LogP contribution in [0.1, 0.15) is 10.4 Å². The fourth-order valence-electron chi connectivity index (χ4n) is 1.23. The Kier molecular flexibility index (Phi) is 2.77.